The van der Waals surface area contributed by atoms with E-state index < -0.39 is 0 Å². The lowest BCUT2D eigenvalue weighted by atomic mass is 10.1. The number of amides is 2. The molecule has 3 heterocycles. The van der Waals surface area contributed by atoms with Gasteiger partial charge in [-0.25, -0.2) is 0 Å². The third-order valence-electron chi connectivity index (χ3n) is 4.27. The van der Waals surface area contributed by atoms with Crippen LogP contribution >= 0.6 is 0 Å². The van der Waals surface area contributed by atoms with Crippen LogP contribution in [0.15, 0.2) is 28.8 Å². The van der Waals surface area contributed by atoms with Crippen molar-refractivity contribution in [3.8, 4) is 0 Å². The van der Waals surface area contributed by atoms with E-state index in [2.05, 4.69) is 15.6 Å². The van der Waals surface area contributed by atoms with Crippen LogP contribution in [-0.4, -0.2) is 36.4 Å². The molecule has 3 rings (SSSR count). The van der Waals surface area contributed by atoms with E-state index in [1.54, 1.807) is 12.3 Å². The lowest BCUT2D eigenvalue weighted by Crippen LogP contribution is -2.47. The molecule has 7 nitrogen and oxygen atoms in total. The second-order valence-electron chi connectivity index (χ2n) is 6.23. The number of furan rings is 1. The number of rotatable bonds is 4. The molecule has 1 fully saturated rings. The number of hydrogen-bond acceptors (Lipinski definition) is 5. The van der Waals surface area contributed by atoms with Crippen LogP contribution in [0, 0.1) is 13.8 Å². The molecule has 1 aliphatic rings. The number of nitrogens with zero attached hydrogens (tertiary/aromatic N) is 2. The van der Waals surface area contributed by atoms with Crippen molar-refractivity contribution >= 4 is 17.5 Å². The molecule has 0 spiro atoms. The van der Waals surface area contributed by atoms with E-state index in [1.807, 2.05) is 37.8 Å². The van der Waals surface area contributed by atoms with Gasteiger partial charge in [0, 0.05) is 30.5 Å². The summed E-state index contributed by atoms with van der Waals surface area (Å²) < 4.78 is 5.52. The Bertz CT molecular complexity index is 799. The highest BCUT2D eigenvalue weighted by molar-refractivity contribution is 5.93. The molecule has 1 aliphatic heterocycles. The van der Waals surface area contributed by atoms with E-state index in [0.717, 1.165) is 22.8 Å². The zero-order chi connectivity index (χ0) is 18.0. The number of nitrogens with one attached hydrogen (secondary N) is 2. The van der Waals surface area contributed by atoms with Gasteiger partial charge in [0.15, 0.2) is 0 Å². The van der Waals surface area contributed by atoms with E-state index >= 15 is 0 Å². The maximum atomic E-state index is 12.5. The zero-order valence-corrected chi connectivity index (χ0v) is 14.6. The fourth-order valence-corrected chi connectivity index (χ4v) is 3.03. The molecule has 2 amide bonds. The number of piperazine rings is 1. The monoisotopic (exact) mass is 342 g/mol. The van der Waals surface area contributed by atoms with Crippen LogP contribution in [-0.2, 0) is 4.79 Å². The van der Waals surface area contributed by atoms with E-state index in [1.165, 1.54) is 0 Å². The van der Waals surface area contributed by atoms with Gasteiger partial charge >= 0.3 is 0 Å². The van der Waals surface area contributed by atoms with Gasteiger partial charge in [-0.05, 0) is 39.0 Å². The summed E-state index contributed by atoms with van der Waals surface area (Å²) in [6, 6.07) is 5.27. The van der Waals surface area contributed by atoms with Crippen molar-refractivity contribution in [1.82, 2.24) is 15.6 Å². The minimum atomic E-state index is -0.255. The van der Waals surface area contributed by atoms with E-state index in [4.69, 9.17) is 4.42 Å². The number of carbonyl (C=O) groups excluding carboxylic acids is 2. The lowest BCUT2D eigenvalue weighted by Gasteiger charge is -2.28. The predicted molar refractivity (Wildman–Crippen MR) is 93.5 cm³/mol. The summed E-state index contributed by atoms with van der Waals surface area (Å²) in [6.45, 7) is 7.26. The lowest BCUT2D eigenvalue weighted by molar-refractivity contribution is -0.120. The second kappa shape index (κ2) is 6.96. The highest BCUT2D eigenvalue weighted by Crippen LogP contribution is 2.22. The van der Waals surface area contributed by atoms with Crippen LogP contribution in [0.5, 0.6) is 0 Å². The van der Waals surface area contributed by atoms with Gasteiger partial charge in [-0.15, -0.1) is 0 Å². The average Bonchev–Trinajstić information content (AvgIpc) is 2.93. The van der Waals surface area contributed by atoms with Gasteiger partial charge in [0.25, 0.3) is 5.91 Å². The summed E-state index contributed by atoms with van der Waals surface area (Å²) in [6.07, 6.45) is 1.59. The first kappa shape index (κ1) is 17.0. The fourth-order valence-electron chi connectivity index (χ4n) is 3.03. The average molecular weight is 342 g/mol. The first-order valence-corrected chi connectivity index (χ1v) is 8.29. The van der Waals surface area contributed by atoms with Crippen LogP contribution < -0.4 is 15.5 Å². The number of pyridine rings is 1. The molecule has 0 saturated carbocycles. The first-order valence-electron chi connectivity index (χ1n) is 8.29. The highest BCUT2D eigenvalue weighted by atomic mass is 16.3. The second-order valence-corrected chi connectivity index (χ2v) is 6.23. The van der Waals surface area contributed by atoms with E-state index in [-0.39, 0.29) is 24.4 Å². The van der Waals surface area contributed by atoms with Gasteiger partial charge < -0.3 is 20.0 Å². The van der Waals surface area contributed by atoms with Gasteiger partial charge in [0.05, 0.1) is 12.6 Å². The van der Waals surface area contributed by atoms with Crippen LogP contribution in [0.25, 0.3) is 0 Å². The predicted octanol–water partition coefficient (Wildman–Crippen LogP) is 1.72. The van der Waals surface area contributed by atoms with Crippen LogP contribution in [0.4, 0.5) is 5.69 Å². The molecular weight excluding hydrogens is 320 g/mol. The van der Waals surface area contributed by atoms with E-state index in [9.17, 15) is 9.59 Å². The largest absolute Gasteiger partial charge is 0.466 e. The Hall–Kier alpha value is -2.83. The third kappa shape index (κ3) is 3.81. The molecule has 0 aliphatic carbocycles. The fraction of sp³-hybridized carbons (Fsp3) is 0.389. The molecule has 0 aromatic carbocycles. The van der Waals surface area contributed by atoms with Crippen molar-refractivity contribution in [3.63, 3.8) is 0 Å². The number of anilines is 1. The third-order valence-corrected chi connectivity index (χ3v) is 4.27. The quantitative estimate of drug-likeness (QED) is 0.883. The zero-order valence-electron chi connectivity index (χ0n) is 14.6. The summed E-state index contributed by atoms with van der Waals surface area (Å²) in [5.41, 5.74) is 2.10. The van der Waals surface area contributed by atoms with Crippen molar-refractivity contribution in [2.24, 2.45) is 0 Å². The molecule has 0 radical (unpaired) electrons. The molecular formula is C18H22N4O3. The normalized spacial score (nSPS) is 15.6. The van der Waals surface area contributed by atoms with E-state index in [0.29, 0.717) is 18.8 Å². The summed E-state index contributed by atoms with van der Waals surface area (Å²) in [4.78, 5) is 30.2. The highest BCUT2D eigenvalue weighted by Gasteiger charge is 2.20. The molecule has 25 heavy (non-hydrogen) atoms. The van der Waals surface area contributed by atoms with Gasteiger partial charge in [0.2, 0.25) is 5.91 Å². The Balaban J connectivity index is 1.73. The van der Waals surface area contributed by atoms with Gasteiger partial charge in [0.1, 0.15) is 17.2 Å². The number of carbonyl (C=O) groups is 2. The van der Waals surface area contributed by atoms with Crippen LogP contribution in [0.1, 0.15) is 40.5 Å². The SMILES string of the molecule is Cc1cc(C(C)NC(=O)c2cc(N3CCNC(=O)C3)ccn2)c(C)o1. The van der Waals surface area contributed by atoms with Crippen molar-refractivity contribution in [2.75, 3.05) is 24.5 Å². The van der Waals surface area contributed by atoms with Crippen molar-refractivity contribution in [3.05, 3.63) is 47.2 Å². The number of hydrogen-bond donors (Lipinski definition) is 2. The molecule has 2 aromatic heterocycles. The summed E-state index contributed by atoms with van der Waals surface area (Å²) in [5.74, 6) is 1.34. The molecule has 0 bridgehead atoms. The molecule has 1 saturated heterocycles. The number of aryl methyl sites for hydroxylation is 2. The van der Waals surface area contributed by atoms with Crippen molar-refractivity contribution < 1.29 is 14.0 Å². The Kier molecular flexibility index (Phi) is 4.74. The van der Waals surface area contributed by atoms with Crippen LogP contribution in [0.3, 0.4) is 0 Å². The topological polar surface area (TPSA) is 87.5 Å². The van der Waals surface area contributed by atoms with Gasteiger partial charge in [-0.2, -0.15) is 0 Å². The van der Waals surface area contributed by atoms with Gasteiger partial charge in [-0.1, -0.05) is 0 Å². The number of aromatic nitrogens is 1. The molecule has 1 unspecified atom stereocenters. The Morgan fingerprint density at radius 3 is 2.88 bits per heavy atom. The molecule has 2 N–H and O–H groups in total. The molecule has 1 atom stereocenters. The summed E-state index contributed by atoms with van der Waals surface area (Å²) in [7, 11) is 0. The standard InChI is InChI=1S/C18H22N4O3/c1-11-8-15(13(3)25-11)12(2)21-18(24)16-9-14(4-5-19-16)22-7-6-20-17(23)10-22/h4-5,8-9,12H,6-7,10H2,1-3H3,(H,20,23)(H,21,24). The van der Waals surface area contributed by atoms with Crippen LogP contribution in [0.2, 0.25) is 0 Å². The Labute approximate surface area is 146 Å². The minimum absolute atomic E-state index is 0.0199. The smallest absolute Gasteiger partial charge is 0.270 e. The molecule has 7 heteroatoms. The Morgan fingerprint density at radius 1 is 1.40 bits per heavy atom. The van der Waals surface area contributed by atoms with Crippen molar-refractivity contribution in [2.45, 2.75) is 26.8 Å². The van der Waals surface area contributed by atoms with Crippen molar-refractivity contribution in [1.29, 1.82) is 0 Å². The van der Waals surface area contributed by atoms with Gasteiger partial charge in [-0.3, -0.25) is 14.6 Å². The maximum Gasteiger partial charge on any atom is 0.270 e. The minimum Gasteiger partial charge on any atom is -0.466 e. The summed E-state index contributed by atoms with van der Waals surface area (Å²) in [5, 5.41) is 5.73. The molecule has 2 aromatic rings. The summed E-state index contributed by atoms with van der Waals surface area (Å²) >= 11 is 0. The molecule has 132 valence electrons. The maximum absolute atomic E-state index is 12.5. The Morgan fingerprint density at radius 2 is 2.20 bits per heavy atom. The first-order chi connectivity index (χ1) is 11.9.